The van der Waals surface area contributed by atoms with E-state index >= 15 is 0 Å². The zero-order valence-corrected chi connectivity index (χ0v) is 11.1. The van der Waals surface area contributed by atoms with Crippen LogP contribution in [-0.2, 0) is 5.41 Å². The highest BCUT2D eigenvalue weighted by atomic mass is 35.5. The van der Waals surface area contributed by atoms with Gasteiger partial charge in [-0.2, -0.15) is 0 Å². The van der Waals surface area contributed by atoms with Crippen LogP contribution in [0.3, 0.4) is 0 Å². The second-order valence-electron chi connectivity index (χ2n) is 5.05. The molecule has 18 heavy (non-hydrogen) atoms. The molecule has 94 valence electrons. The summed E-state index contributed by atoms with van der Waals surface area (Å²) >= 11 is 6.03. The van der Waals surface area contributed by atoms with E-state index < -0.39 is 0 Å². The zero-order chi connectivity index (χ0) is 12.8. The number of rotatable bonds is 3. The molecule has 0 bridgehead atoms. The molecule has 0 amide bonds. The molecule has 0 unspecified atom stereocenters. The van der Waals surface area contributed by atoms with Crippen LogP contribution in [0.1, 0.15) is 24.4 Å². The van der Waals surface area contributed by atoms with Crippen molar-refractivity contribution < 1.29 is 0 Å². The Labute approximate surface area is 111 Å². The van der Waals surface area contributed by atoms with E-state index in [1.165, 1.54) is 0 Å². The first-order valence-corrected chi connectivity index (χ1v) is 6.55. The van der Waals surface area contributed by atoms with Crippen molar-refractivity contribution in [1.82, 2.24) is 9.97 Å². The van der Waals surface area contributed by atoms with Gasteiger partial charge in [-0.05, 0) is 31.9 Å². The number of nitrogens with one attached hydrogen (secondary N) is 1. The number of imidazole rings is 1. The Kier molecular flexibility index (Phi) is 2.68. The predicted octanol–water partition coefficient (Wildman–Crippen LogP) is 3.03. The molecule has 1 aliphatic rings. The molecule has 3 N–H and O–H groups in total. The van der Waals surface area contributed by atoms with Crippen molar-refractivity contribution in [3.8, 4) is 11.3 Å². The van der Waals surface area contributed by atoms with Crippen LogP contribution in [0.4, 0.5) is 0 Å². The highest BCUT2D eigenvalue weighted by Gasteiger charge is 2.45. The minimum Gasteiger partial charge on any atom is -0.345 e. The third-order valence-electron chi connectivity index (χ3n) is 3.73. The van der Waals surface area contributed by atoms with Crippen molar-refractivity contribution in [3.63, 3.8) is 0 Å². The van der Waals surface area contributed by atoms with Gasteiger partial charge in [0.05, 0.1) is 5.69 Å². The maximum atomic E-state index is 6.03. The van der Waals surface area contributed by atoms with Crippen molar-refractivity contribution in [3.05, 3.63) is 40.8 Å². The van der Waals surface area contributed by atoms with E-state index in [2.05, 4.69) is 4.98 Å². The van der Waals surface area contributed by atoms with Gasteiger partial charge in [-0.1, -0.05) is 23.7 Å². The molecular weight excluding hydrogens is 246 g/mol. The fourth-order valence-corrected chi connectivity index (χ4v) is 2.51. The highest BCUT2D eigenvalue weighted by molar-refractivity contribution is 6.30. The lowest BCUT2D eigenvalue weighted by molar-refractivity contribution is 0.658. The van der Waals surface area contributed by atoms with Gasteiger partial charge in [0.25, 0.3) is 0 Å². The van der Waals surface area contributed by atoms with Crippen LogP contribution in [0, 0.1) is 6.92 Å². The van der Waals surface area contributed by atoms with Crippen LogP contribution in [0.15, 0.2) is 24.3 Å². The lowest BCUT2D eigenvalue weighted by Crippen LogP contribution is -2.21. The normalized spacial score (nSPS) is 16.8. The molecule has 1 aromatic heterocycles. The number of hydrogen-bond donors (Lipinski definition) is 2. The molecule has 2 aromatic rings. The van der Waals surface area contributed by atoms with Gasteiger partial charge < -0.3 is 10.7 Å². The third kappa shape index (κ3) is 1.84. The second-order valence-corrected chi connectivity index (χ2v) is 5.49. The first-order valence-electron chi connectivity index (χ1n) is 6.18. The predicted molar refractivity (Wildman–Crippen MR) is 73.7 cm³/mol. The lowest BCUT2D eigenvalue weighted by Gasteiger charge is -2.07. The van der Waals surface area contributed by atoms with Crippen LogP contribution in [0.2, 0.25) is 5.02 Å². The van der Waals surface area contributed by atoms with Crippen LogP contribution >= 0.6 is 11.6 Å². The van der Waals surface area contributed by atoms with Gasteiger partial charge >= 0.3 is 0 Å². The Morgan fingerprint density at radius 2 is 2.22 bits per heavy atom. The molecule has 1 fully saturated rings. The number of aryl methyl sites for hydroxylation is 1. The van der Waals surface area contributed by atoms with Crippen molar-refractivity contribution in [2.24, 2.45) is 5.73 Å². The molecule has 0 spiro atoms. The molecule has 1 heterocycles. The standard InChI is InChI=1S/C14H16ClN3/c1-9-12(10-3-2-4-11(15)7-10)18-13(17-9)14(8-16)5-6-14/h2-4,7H,5-6,8,16H2,1H3,(H,17,18). The van der Waals surface area contributed by atoms with E-state index in [1.807, 2.05) is 31.2 Å². The van der Waals surface area contributed by atoms with Crippen molar-refractivity contribution >= 4 is 11.6 Å². The Bertz CT molecular complexity index is 584. The van der Waals surface area contributed by atoms with E-state index in [0.29, 0.717) is 6.54 Å². The minimum atomic E-state index is 0.0988. The number of aromatic nitrogens is 2. The molecule has 0 saturated heterocycles. The molecule has 0 atom stereocenters. The number of hydrogen-bond acceptors (Lipinski definition) is 2. The first-order chi connectivity index (χ1) is 8.64. The summed E-state index contributed by atoms with van der Waals surface area (Å²) in [6.07, 6.45) is 2.26. The number of nitrogens with zero attached hydrogens (tertiary/aromatic N) is 1. The van der Waals surface area contributed by atoms with Gasteiger partial charge in [0.1, 0.15) is 5.82 Å². The molecule has 3 rings (SSSR count). The largest absolute Gasteiger partial charge is 0.345 e. The van der Waals surface area contributed by atoms with Gasteiger partial charge in [0, 0.05) is 28.2 Å². The maximum absolute atomic E-state index is 6.03. The zero-order valence-electron chi connectivity index (χ0n) is 10.3. The monoisotopic (exact) mass is 261 g/mol. The molecule has 0 radical (unpaired) electrons. The SMILES string of the molecule is Cc1[nH]c(C2(CN)CC2)nc1-c1cccc(Cl)c1. The summed E-state index contributed by atoms with van der Waals surface area (Å²) in [4.78, 5) is 8.11. The Morgan fingerprint density at radius 3 is 2.83 bits per heavy atom. The van der Waals surface area contributed by atoms with E-state index in [0.717, 1.165) is 40.6 Å². The fourth-order valence-electron chi connectivity index (χ4n) is 2.32. The van der Waals surface area contributed by atoms with E-state index in [4.69, 9.17) is 22.3 Å². The molecule has 1 aliphatic carbocycles. The minimum absolute atomic E-state index is 0.0988. The van der Waals surface area contributed by atoms with Crippen molar-refractivity contribution in [2.75, 3.05) is 6.54 Å². The van der Waals surface area contributed by atoms with Gasteiger partial charge in [0.2, 0.25) is 0 Å². The average molecular weight is 262 g/mol. The Balaban J connectivity index is 2.03. The van der Waals surface area contributed by atoms with Gasteiger partial charge in [-0.3, -0.25) is 0 Å². The summed E-state index contributed by atoms with van der Waals surface area (Å²) in [7, 11) is 0. The third-order valence-corrected chi connectivity index (χ3v) is 3.96. The Hall–Kier alpha value is -1.32. The number of aromatic amines is 1. The summed E-state index contributed by atoms with van der Waals surface area (Å²) in [6, 6.07) is 7.79. The summed E-state index contributed by atoms with van der Waals surface area (Å²) < 4.78 is 0. The Morgan fingerprint density at radius 1 is 1.44 bits per heavy atom. The van der Waals surface area contributed by atoms with E-state index in [-0.39, 0.29) is 5.41 Å². The summed E-state index contributed by atoms with van der Waals surface area (Å²) in [5.74, 6) is 1.03. The van der Waals surface area contributed by atoms with Gasteiger partial charge in [-0.25, -0.2) is 4.98 Å². The summed E-state index contributed by atoms with van der Waals surface area (Å²) in [6.45, 7) is 2.70. The average Bonchev–Trinajstić information content (AvgIpc) is 3.07. The maximum Gasteiger partial charge on any atom is 0.114 e. The first kappa shape index (κ1) is 11.8. The van der Waals surface area contributed by atoms with Crippen LogP contribution < -0.4 is 5.73 Å². The highest BCUT2D eigenvalue weighted by Crippen LogP contribution is 2.46. The molecular formula is C14H16ClN3. The second kappa shape index (κ2) is 4.11. The molecule has 3 nitrogen and oxygen atoms in total. The summed E-state index contributed by atoms with van der Waals surface area (Å²) in [5.41, 5.74) is 9.05. The topological polar surface area (TPSA) is 54.7 Å². The molecule has 4 heteroatoms. The molecule has 0 aliphatic heterocycles. The van der Waals surface area contributed by atoms with Gasteiger partial charge in [-0.15, -0.1) is 0 Å². The number of nitrogens with two attached hydrogens (primary N) is 1. The lowest BCUT2D eigenvalue weighted by atomic mass is 10.1. The van der Waals surface area contributed by atoms with Crippen LogP contribution in [-0.4, -0.2) is 16.5 Å². The fraction of sp³-hybridized carbons (Fsp3) is 0.357. The quantitative estimate of drug-likeness (QED) is 0.892. The number of benzene rings is 1. The van der Waals surface area contributed by atoms with Crippen LogP contribution in [0.5, 0.6) is 0 Å². The smallest absolute Gasteiger partial charge is 0.114 e. The number of H-pyrrole nitrogens is 1. The molecule has 1 saturated carbocycles. The van der Waals surface area contributed by atoms with E-state index in [9.17, 15) is 0 Å². The van der Waals surface area contributed by atoms with Crippen LogP contribution in [0.25, 0.3) is 11.3 Å². The van der Waals surface area contributed by atoms with Gasteiger partial charge in [0.15, 0.2) is 0 Å². The summed E-state index contributed by atoms with van der Waals surface area (Å²) in [5, 5.41) is 0.733. The van der Waals surface area contributed by atoms with E-state index in [1.54, 1.807) is 0 Å². The van der Waals surface area contributed by atoms with Crippen molar-refractivity contribution in [1.29, 1.82) is 0 Å². The molecule has 1 aromatic carbocycles. The van der Waals surface area contributed by atoms with Crippen molar-refractivity contribution in [2.45, 2.75) is 25.2 Å². The number of halogens is 1.